The number of imidazole rings is 1. The van der Waals surface area contributed by atoms with Crippen molar-refractivity contribution in [3.8, 4) is 0 Å². The molecule has 1 heterocycles. The predicted octanol–water partition coefficient (Wildman–Crippen LogP) is 3.96. The van der Waals surface area contributed by atoms with Gasteiger partial charge in [0.05, 0.1) is 11.0 Å². The zero-order valence-electron chi connectivity index (χ0n) is 10.2. The highest BCUT2D eigenvalue weighted by Gasteiger charge is 2.16. The van der Waals surface area contributed by atoms with Gasteiger partial charge in [-0.25, -0.2) is 13.8 Å². The fourth-order valence-electron chi connectivity index (χ4n) is 2.82. The van der Waals surface area contributed by atoms with Crippen molar-refractivity contribution in [2.45, 2.75) is 38.5 Å². The normalized spacial score (nSPS) is 17.4. The van der Waals surface area contributed by atoms with Crippen molar-refractivity contribution in [2.24, 2.45) is 5.92 Å². The van der Waals surface area contributed by atoms with Crippen LogP contribution in [0.25, 0.3) is 11.0 Å². The molecular formula is C14H16F2N2. The van der Waals surface area contributed by atoms with Crippen LogP contribution in [-0.2, 0) is 6.42 Å². The van der Waals surface area contributed by atoms with E-state index in [1.54, 1.807) is 0 Å². The Kier molecular flexibility index (Phi) is 3.02. The van der Waals surface area contributed by atoms with E-state index in [-0.39, 0.29) is 0 Å². The molecule has 4 heteroatoms. The summed E-state index contributed by atoms with van der Waals surface area (Å²) in [7, 11) is 0. The van der Waals surface area contributed by atoms with Gasteiger partial charge in [0.15, 0.2) is 11.6 Å². The summed E-state index contributed by atoms with van der Waals surface area (Å²) in [6.45, 7) is 0. The lowest BCUT2D eigenvalue weighted by Crippen LogP contribution is -2.10. The van der Waals surface area contributed by atoms with Gasteiger partial charge in [0.1, 0.15) is 5.82 Å². The molecule has 1 N–H and O–H groups in total. The second-order valence-electron chi connectivity index (χ2n) is 5.18. The standard InChI is InChI=1S/C14H16F2N2/c15-10-7-12-13(8-11(10)16)18-14(17-12)6-9-4-2-1-3-5-9/h7-9H,1-6H2,(H,17,18). The van der Waals surface area contributed by atoms with Gasteiger partial charge in [0, 0.05) is 18.6 Å². The number of nitrogens with one attached hydrogen (secondary N) is 1. The van der Waals surface area contributed by atoms with E-state index in [9.17, 15) is 8.78 Å². The summed E-state index contributed by atoms with van der Waals surface area (Å²) < 4.78 is 26.2. The van der Waals surface area contributed by atoms with Crippen molar-refractivity contribution < 1.29 is 8.78 Å². The number of rotatable bonds is 2. The fourth-order valence-corrected chi connectivity index (χ4v) is 2.82. The maximum Gasteiger partial charge on any atom is 0.161 e. The molecule has 1 aliphatic carbocycles. The van der Waals surface area contributed by atoms with E-state index < -0.39 is 11.6 Å². The Morgan fingerprint density at radius 2 is 1.83 bits per heavy atom. The van der Waals surface area contributed by atoms with Crippen molar-refractivity contribution in [1.29, 1.82) is 0 Å². The molecule has 0 aliphatic heterocycles. The molecule has 1 fully saturated rings. The number of hydrogen-bond acceptors (Lipinski definition) is 1. The molecule has 0 bridgehead atoms. The maximum absolute atomic E-state index is 13.1. The van der Waals surface area contributed by atoms with Gasteiger partial charge in [0.2, 0.25) is 0 Å². The van der Waals surface area contributed by atoms with Gasteiger partial charge in [-0.15, -0.1) is 0 Å². The molecule has 2 nitrogen and oxygen atoms in total. The Morgan fingerprint density at radius 1 is 1.11 bits per heavy atom. The lowest BCUT2D eigenvalue weighted by molar-refractivity contribution is 0.352. The van der Waals surface area contributed by atoms with Crippen LogP contribution in [0.3, 0.4) is 0 Å². The van der Waals surface area contributed by atoms with E-state index in [0.29, 0.717) is 17.0 Å². The third-order valence-corrected chi connectivity index (χ3v) is 3.78. The third-order valence-electron chi connectivity index (χ3n) is 3.78. The monoisotopic (exact) mass is 250 g/mol. The minimum Gasteiger partial charge on any atom is -0.342 e. The number of benzene rings is 1. The van der Waals surface area contributed by atoms with Crippen molar-refractivity contribution in [3.63, 3.8) is 0 Å². The molecular weight excluding hydrogens is 234 g/mol. The van der Waals surface area contributed by atoms with Crippen LogP contribution in [0.15, 0.2) is 12.1 Å². The van der Waals surface area contributed by atoms with Gasteiger partial charge >= 0.3 is 0 Å². The van der Waals surface area contributed by atoms with Crippen LogP contribution in [-0.4, -0.2) is 9.97 Å². The predicted molar refractivity (Wildman–Crippen MR) is 66.3 cm³/mol. The number of aromatic nitrogens is 2. The Labute approximate surface area is 104 Å². The molecule has 3 rings (SSSR count). The molecule has 1 aromatic carbocycles. The van der Waals surface area contributed by atoms with Gasteiger partial charge in [-0.1, -0.05) is 32.1 Å². The Hall–Kier alpha value is -1.45. The molecule has 0 radical (unpaired) electrons. The highest BCUT2D eigenvalue weighted by atomic mass is 19.2. The molecule has 1 aromatic heterocycles. The number of halogens is 2. The molecule has 0 unspecified atom stereocenters. The van der Waals surface area contributed by atoms with Crippen LogP contribution in [0.1, 0.15) is 37.9 Å². The SMILES string of the molecule is Fc1cc2nc(CC3CCCCC3)[nH]c2cc1F. The van der Waals surface area contributed by atoms with Gasteiger partial charge in [-0.3, -0.25) is 0 Å². The minimum absolute atomic E-state index is 0.514. The summed E-state index contributed by atoms with van der Waals surface area (Å²) >= 11 is 0. The maximum atomic E-state index is 13.1. The number of hydrogen-bond donors (Lipinski definition) is 1. The lowest BCUT2D eigenvalue weighted by atomic mass is 9.87. The second kappa shape index (κ2) is 4.67. The van der Waals surface area contributed by atoms with E-state index >= 15 is 0 Å². The molecule has 0 atom stereocenters. The van der Waals surface area contributed by atoms with Gasteiger partial charge in [-0.2, -0.15) is 0 Å². The molecule has 1 saturated carbocycles. The zero-order chi connectivity index (χ0) is 12.5. The van der Waals surface area contributed by atoms with Crippen LogP contribution in [0.4, 0.5) is 8.78 Å². The van der Waals surface area contributed by atoms with Crippen LogP contribution in [0.2, 0.25) is 0 Å². The zero-order valence-corrected chi connectivity index (χ0v) is 10.2. The summed E-state index contributed by atoms with van der Waals surface area (Å²) in [5.74, 6) is -0.149. The molecule has 0 saturated heterocycles. The number of nitrogens with zero attached hydrogens (tertiary/aromatic N) is 1. The Bertz CT molecular complexity index is 517. The Morgan fingerprint density at radius 3 is 2.61 bits per heavy atom. The second-order valence-corrected chi connectivity index (χ2v) is 5.18. The van der Waals surface area contributed by atoms with Crippen molar-refractivity contribution in [3.05, 3.63) is 29.6 Å². The van der Waals surface area contributed by atoms with E-state index in [0.717, 1.165) is 18.3 Å². The summed E-state index contributed by atoms with van der Waals surface area (Å²) in [6, 6.07) is 2.34. The molecule has 0 amide bonds. The highest BCUT2D eigenvalue weighted by molar-refractivity contribution is 5.75. The highest BCUT2D eigenvalue weighted by Crippen LogP contribution is 2.27. The number of fused-ring (bicyclic) bond motifs is 1. The smallest absolute Gasteiger partial charge is 0.161 e. The first kappa shape index (κ1) is 11.6. The number of aromatic amines is 1. The molecule has 2 aromatic rings. The molecule has 0 spiro atoms. The third kappa shape index (κ3) is 2.24. The van der Waals surface area contributed by atoms with Crippen molar-refractivity contribution >= 4 is 11.0 Å². The first-order chi connectivity index (χ1) is 8.72. The van der Waals surface area contributed by atoms with Crippen LogP contribution in [0.5, 0.6) is 0 Å². The molecule has 1 aliphatic rings. The number of H-pyrrole nitrogens is 1. The summed E-state index contributed by atoms with van der Waals surface area (Å²) in [6.07, 6.45) is 7.26. The minimum atomic E-state index is -0.835. The van der Waals surface area contributed by atoms with Gasteiger partial charge in [0.25, 0.3) is 0 Å². The van der Waals surface area contributed by atoms with Crippen LogP contribution in [0, 0.1) is 17.6 Å². The lowest BCUT2D eigenvalue weighted by Gasteiger charge is -2.20. The van der Waals surface area contributed by atoms with E-state index in [1.165, 1.54) is 38.2 Å². The molecule has 96 valence electrons. The van der Waals surface area contributed by atoms with Crippen molar-refractivity contribution in [1.82, 2.24) is 9.97 Å². The Balaban J connectivity index is 1.84. The molecule has 18 heavy (non-hydrogen) atoms. The van der Waals surface area contributed by atoms with Crippen LogP contribution >= 0.6 is 0 Å². The quantitative estimate of drug-likeness (QED) is 0.858. The fraction of sp³-hybridized carbons (Fsp3) is 0.500. The average molecular weight is 250 g/mol. The summed E-state index contributed by atoms with van der Waals surface area (Å²) in [5.41, 5.74) is 1.10. The van der Waals surface area contributed by atoms with Gasteiger partial charge in [-0.05, 0) is 5.92 Å². The topological polar surface area (TPSA) is 28.7 Å². The first-order valence-corrected chi connectivity index (χ1v) is 6.56. The summed E-state index contributed by atoms with van der Waals surface area (Å²) in [4.78, 5) is 7.44. The van der Waals surface area contributed by atoms with Crippen molar-refractivity contribution in [2.75, 3.05) is 0 Å². The van der Waals surface area contributed by atoms with E-state index in [1.807, 2.05) is 0 Å². The van der Waals surface area contributed by atoms with Crippen LogP contribution < -0.4 is 0 Å². The average Bonchev–Trinajstić information content (AvgIpc) is 2.72. The summed E-state index contributed by atoms with van der Waals surface area (Å²) in [5, 5.41) is 0. The largest absolute Gasteiger partial charge is 0.342 e. The van der Waals surface area contributed by atoms with E-state index in [4.69, 9.17) is 0 Å². The first-order valence-electron chi connectivity index (χ1n) is 6.56. The van der Waals surface area contributed by atoms with Gasteiger partial charge < -0.3 is 4.98 Å². The van der Waals surface area contributed by atoms with E-state index in [2.05, 4.69) is 9.97 Å².